The highest BCUT2D eigenvalue weighted by molar-refractivity contribution is 5.50. The van der Waals surface area contributed by atoms with E-state index in [9.17, 15) is 0 Å². The number of nitrogens with zero attached hydrogens (tertiary/aromatic N) is 3. The van der Waals surface area contributed by atoms with E-state index in [0.717, 1.165) is 32.0 Å². The first-order valence-electron chi connectivity index (χ1n) is 7.80. The summed E-state index contributed by atoms with van der Waals surface area (Å²) in [4.78, 5) is 11.1. The predicted octanol–water partition coefficient (Wildman–Crippen LogP) is 2.15. The minimum absolute atomic E-state index is 0.378. The fourth-order valence-electron chi connectivity index (χ4n) is 2.73. The van der Waals surface area contributed by atoms with Gasteiger partial charge in [-0.25, -0.2) is 4.98 Å². The molecule has 1 aliphatic heterocycles. The van der Waals surface area contributed by atoms with Gasteiger partial charge in [-0.3, -0.25) is 0 Å². The van der Waals surface area contributed by atoms with E-state index in [4.69, 9.17) is 5.73 Å². The van der Waals surface area contributed by atoms with E-state index >= 15 is 0 Å². The van der Waals surface area contributed by atoms with E-state index < -0.39 is 0 Å². The van der Waals surface area contributed by atoms with Crippen LogP contribution in [-0.4, -0.2) is 36.1 Å². The van der Waals surface area contributed by atoms with Crippen LogP contribution in [0.4, 0.5) is 11.8 Å². The number of aromatic nitrogens is 2. The topological polar surface area (TPSA) is 67.1 Å². The van der Waals surface area contributed by atoms with Crippen molar-refractivity contribution in [3.05, 3.63) is 11.8 Å². The van der Waals surface area contributed by atoms with Crippen LogP contribution >= 0.6 is 0 Å². The van der Waals surface area contributed by atoms with Crippen molar-refractivity contribution in [3.8, 4) is 0 Å². The van der Waals surface area contributed by atoms with Gasteiger partial charge in [0.25, 0.3) is 0 Å². The molecule has 1 unspecified atom stereocenters. The lowest BCUT2D eigenvalue weighted by Crippen LogP contribution is -2.44. The lowest BCUT2D eigenvalue weighted by Gasteiger charge is -2.31. The Morgan fingerprint density at radius 1 is 1.35 bits per heavy atom. The molecule has 0 aromatic carbocycles. The molecule has 0 spiro atoms. The van der Waals surface area contributed by atoms with Gasteiger partial charge >= 0.3 is 0 Å². The highest BCUT2D eigenvalue weighted by Gasteiger charge is 2.19. The van der Waals surface area contributed by atoms with E-state index in [2.05, 4.69) is 34.0 Å². The van der Waals surface area contributed by atoms with Gasteiger partial charge in [0, 0.05) is 37.9 Å². The van der Waals surface area contributed by atoms with Crippen LogP contribution in [0.25, 0.3) is 0 Å². The normalized spacial score (nSPS) is 17.2. The molecular weight excluding hydrogens is 250 g/mol. The quantitative estimate of drug-likeness (QED) is 0.780. The van der Waals surface area contributed by atoms with Gasteiger partial charge in [-0.15, -0.1) is 0 Å². The van der Waals surface area contributed by atoms with Crippen molar-refractivity contribution in [2.24, 2.45) is 0 Å². The molecule has 5 heteroatoms. The summed E-state index contributed by atoms with van der Waals surface area (Å²) in [6.45, 7) is 8.51. The third-order valence-electron chi connectivity index (χ3n) is 4.00. The molecule has 20 heavy (non-hydrogen) atoms. The number of hydrogen-bond donors (Lipinski definition) is 2. The van der Waals surface area contributed by atoms with E-state index in [1.54, 1.807) is 0 Å². The predicted molar refractivity (Wildman–Crippen MR) is 84.1 cm³/mol. The number of anilines is 2. The molecule has 5 nitrogen and oxygen atoms in total. The van der Waals surface area contributed by atoms with Gasteiger partial charge in [0.05, 0.1) is 0 Å². The Kier molecular flexibility index (Phi) is 5.59. The van der Waals surface area contributed by atoms with Gasteiger partial charge in [-0.05, 0) is 12.3 Å². The summed E-state index contributed by atoms with van der Waals surface area (Å²) in [5.74, 6) is 1.91. The Morgan fingerprint density at radius 2 is 2.10 bits per heavy atom. The van der Waals surface area contributed by atoms with E-state index in [1.165, 1.54) is 31.2 Å². The number of unbranched alkanes of at least 4 members (excludes halogenated alkanes) is 2. The zero-order valence-electron chi connectivity index (χ0n) is 12.7. The van der Waals surface area contributed by atoms with Crippen LogP contribution in [-0.2, 0) is 0 Å². The lowest BCUT2D eigenvalue weighted by molar-refractivity contribution is 0.568. The smallest absolute Gasteiger partial charge is 0.221 e. The van der Waals surface area contributed by atoms with E-state index in [-0.39, 0.29) is 0 Å². The van der Waals surface area contributed by atoms with Crippen molar-refractivity contribution >= 4 is 11.8 Å². The summed E-state index contributed by atoms with van der Waals surface area (Å²) in [5.41, 5.74) is 7.04. The Bertz CT molecular complexity index is 415. The fraction of sp³-hybridized carbons (Fsp3) is 0.733. The van der Waals surface area contributed by atoms with Crippen molar-refractivity contribution in [1.82, 2.24) is 15.3 Å². The summed E-state index contributed by atoms with van der Waals surface area (Å²) in [7, 11) is 0. The van der Waals surface area contributed by atoms with Crippen molar-refractivity contribution < 1.29 is 0 Å². The number of piperazine rings is 1. The van der Waals surface area contributed by atoms with Gasteiger partial charge in [0.2, 0.25) is 5.95 Å². The molecule has 2 rings (SSSR count). The van der Waals surface area contributed by atoms with Crippen LogP contribution in [0.15, 0.2) is 6.20 Å². The molecule has 2 heterocycles. The monoisotopic (exact) mass is 277 g/mol. The minimum atomic E-state index is 0.378. The summed E-state index contributed by atoms with van der Waals surface area (Å²) < 4.78 is 0. The molecule has 1 aromatic rings. The van der Waals surface area contributed by atoms with Gasteiger partial charge in [0.1, 0.15) is 5.82 Å². The molecular formula is C15H27N5. The highest BCUT2D eigenvalue weighted by atomic mass is 15.2. The molecule has 1 fully saturated rings. The average Bonchev–Trinajstić information content (AvgIpc) is 2.48. The largest absolute Gasteiger partial charge is 0.368 e. The van der Waals surface area contributed by atoms with Gasteiger partial charge < -0.3 is 16.0 Å². The molecule has 3 N–H and O–H groups in total. The van der Waals surface area contributed by atoms with Crippen LogP contribution in [0.5, 0.6) is 0 Å². The first kappa shape index (κ1) is 15.0. The fourth-order valence-corrected chi connectivity index (χ4v) is 2.73. The number of nitrogen functional groups attached to an aromatic ring is 1. The molecule has 0 aliphatic carbocycles. The summed E-state index contributed by atoms with van der Waals surface area (Å²) >= 11 is 0. The summed E-state index contributed by atoms with van der Waals surface area (Å²) in [6.07, 6.45) is 6.94. The second-order valence-corrected chi connectivity index (χ2v) is 5.64. The number of nitrogens with two attached hydrogens (primary N) is 1. The molecule has 1 aromatic heterocycles. The molecule has 0 amide bonds. The first-order chi connectivity index (χ1) is 9.72. The second-order valence-electron chi connectivity index (χ2n) is 5.64. The highest BCUT2D eigenvalue weighted by Crippen LogP contribution is 2.29. The second kappa shape index (κ2) is 7.43. The van der Waals surface area contributed by atoms with Gasteiger partial charge in [-0.1, -0.05) is 33.1 Å². The van der Waals surface area contributed by atoms with Crippen LogP contribution in [0, 0.1) is 0 Å². The maximum Gasteiger partial charge on any atom is 0.221 e. The van der Waals surface area contributed by atoms with Crippen molar-refractivity contribution in [1.29, 1.82) is 0 Å². The first-order valence-corrected chi connectivity index (χ1v) is 7.80. The zero-order chi connectivity index (χ0) is 14.4. The zero-order valence-corrected chi connectivity index (χ0v) is 12.7. The van der Waals surface area contributed by atoms with E-state index in [0.29, 0.717) is 11.9 Å². The standard InChI is InChI=1S/C15H27N5/c1-3-4-5-6-12(2)13-11-18-15(16)19-14(13)20-9-7-17-8-10-20/h11-12,17H,3-10H2,1-2H3,(H2,16,18,19). The van der Waals surface area contributed by atoms with Crippen LogP contribution < -0.4 is 16.0 Å². The molecule has 0 saturated carbocycles. The maximum atomic E-state index is 5.79. The van der Waals surface area contributed by atoms with Gasteiger partial charge in [0.15, 0.2) is 0 Å². The van der Waals surface area contributed by atoms with Crippen LogP contribution in [0.2, 0.25) is 0 Å². The Balaban J connectivity index is 2.14. The molecule has 0 bridgehead atoms. The minimum Gasteiger partial charge on any atom is -0.368 e. The van der Waals surface area contributed by atoms with Crippen molar-refractivity contribution in [2.75, 3.05) is 36.8 Å². The summed E-state index contributed by atoms with van der Waals surface area (Å²) in [5, 5.41) is 3.37. The molecule has 112 valence electrons. The molecule has 0 radical (unpaired) electrons. The Morgan fingerprint density at radius 3 is 2.80 bits per heavy atom. The van der Waals surface area contributed by atoms with Crippen LogP contribution in [0.1, 0.15) is 51.0 Å². The summed E-state index contributed by atoms with van der Waals surface area (Å²) in [6, 6.07) is 0. The SMILES string of the molecule is CCCCCC(C)c1cnc(N)nc1N1CCNCC1. The third-order valence-corrected chi connectivity index (χ3v) is 4.00. The van der Waals surface area contributed by atoms with Crippen molar-refractivity contribution in [3.63, 3.8) is 0 Å². The molecule has 1 saturated heterocycles. The van der Waals surface area contributed by atoms with Crippen molar-refractivity contribution in [2.45, 2.75) is 45.4 Å². The number of hydrogen-bond acceptors (Lipinski definition) is 5. The maximum absolute atomic E-state index is 5.79. The number of rotatable bonds is 6. The van der Waals surface area contributed by atoms with Crippen LogP contribution in [0.3, 0.4) is 0 Å². The average molecular weight is 277 g/mol. The van der Waals surface area contributed by atoms with Gasteiger partial charge in [-0.2, -0.15) is 4.98 Å². The lowest BCUT2D eigenvalue weighted by atomic mass is 9.96. The Labute approximate surface area is 122 Å². The Hall–Kier alpha value is -1.36. The van der Waals surface area contributed by atoms with E-state index in [1.807, 2.05) is 6.20 Å². The number of nitrogens with one attached hydrogen (secondary N) is 1. The molecule has 1 atom stereocenters. The third kappa shape index (κ3) is 3.82. The molecule has 1 aliphatic rings.